The van der Waals surface area contributed by atoms with Crippen LogP contribution in [0.1, 0.15) is 11.5 Å². The zero-order valence-corrected chi connectivity index (χ0v) is 11.2. The predicted octanol–water partition coefficient (Wildman–Crippen LogP) is 2.18. The van der Waals surface area contributed by atoms with Gasteiger partial charge in [0.05, 0.1) is 17.0 Å². The Kier molecular flexibility index (Phi) is 3.19. The van der Waals surface area contributed by atoms with Crippen LogP contribution in [0.3, 0.4) is 0 Å². The summed E-state index contributed by atoms with van der Waals surface area (Å²) in [6.07, 6.45) is 1.43. The molecular weight excluding hydrogens is 272 g/mol. The summed E-state index contributed by atoms with van der Waals surface area (Å²) >= 11 is 0. The van der Waals surface area contributed by atoms with E-state index in [-0.39, 0.29) is 5.69 Å². The van der Waals surface area contributed by atoms with Crippen LogP contribution in [-0.4, -0.2) is 25.1 Å². The van der Waals surface area contributed by atoms with Crippen molar-refractivity contribution in [2.75, 3.05) is 5.32 Å². The van der Waals surface area contributed by atoms with Crippen molar-refractivity contribution >= 4 is 22.3 Å². The number of hydrogen-bond acceptors (Lipinski definition) is 6. The van der Waals surface area contributed by atoms with Crippen LogP contribution in [0.5, 0.6) is 0 Å². The van der Waals surface area contributed by atoms with Crippen molar-refractivity contribution in [3.8, 4) is 0 Å². The third kappa shape index (κ3) is 2.64. The zero-order valence-electron chi connectivity index (χ0n) is 11.2. The average molecular weight is 284 g/mol. The number of hydrogen-bond donors (Lipinski definition) is 2. The fraction of sp³-hybridized carbons (Fsp3) is 0.154. The number of nitrogens with zero attached hydrogens (tertiary/aromatic N) is 4. The van der Waals surface area contributed by atoms with Crippen molar-refractivity contribution in [1.29, 1.82) is 0 Å². The smallest absolute Gasteiger partial charge is 0.270 e. The summed E-state index contributed by atoms with van der Waals surface area (Å²) in [7, 11) is 0. The lowest BCUT2D eigenvalue weighted by Gasteiger charge is -2.09. The molecule has 8 heteroatoms. The maximum Gasteiger partial charge on any atom is 0.270 e. The van der Waals surface area contributed by atoms with E-state index in [1.165, 1.54) is 18.5 Å². The number of nitro benzene ring substituents is 1. The van der Waals surface area contributed by atoms with Gasteiger partial charge in [0.15, 0.2) is 0 Å². The highest BCUT2D eigenvalue weighted by molar-refractivity contribution is 5.93. The molecule has 0 fully saturated rings. The number of benzene rings is 1. The summed E-state index contributed by atoms with van der Waals surface area (Å²) in [5, 5.41) is 21.3. The van der Waals surface area contributed by atoms with Crippen LogP contribution >= 0.6 is 0 Å². The van der Waals surface area contributed by atoms with Gasteiger partial charge in [0, 0.05) is 28.9 Å². The van der Waals surface area contributed by atoms with Crippen LogP contribution in [0, 0.1) is 17.0 Å². The second kappa shape index (κ2) is 5.16. The van der Waals surface area contributed by atoms with E-state index in [4.69, 9.17) is 0 Å². The summed E-state index contributed by atoms with van der Waals surface area (Å²) < 4.78 is 0. The highest BCUT2D eigenvalue weighted by Crippen LogP contribution is 2.27. The largest absolute Gasteiger partial charge is 0.377 e. The van der Waals surface area contributed by atoms with E-state index in [1.807, 2.05) is 13.0 Å². The SMILES string of the molecule is Cc1cc(NCc2ncn[nH]2)c2cc([N+](=O)[O-])ccc2n1. The Morgan fingerprint density at radius 2 is 2.24 bits per heavy atom. The lowest BCUT2D eigenvalue weighted by atomic mass is 10.1. The Hall–Kier alpha value is -3.03. The van der Waals surface area contributed by atoms with Gasteiger partial charge in [-0.05, 0) is 19.1 Å². The molecule has 2 heterocycles. The van der Waals surface area contributed by atoms with Gasteiger partial charge < -0.3 is 5.32 Å². The zero-order chi connectivity index (χ0) is 14.8. The first-order chi connectivity index (χ1) is 10.1. The van der Waals surface area contributed by atoms with E-state index in [1.54, 1.807) is 6.07 Å². The monoisotopic (exact) mass is 284 g/mol. The highest BCUT2D eigenvalue weighted by Gasteiger charge is 2.11. The number of aromatic nitrogens is 4. The number of nitrogens with one attached hydrogen (secondary N) is 2. The molecule has 0 bridgehead atoms. The molecule has 106 valence electrons. The third-order valence-electron chi connectivity index (χ3n) is 3.04. The second-order valence-corrected chi connectivity index (χ2v) is 4.56. The van der Waals surface area contributed by atoms with Crippen molar-refractivity contribution < 1.29 is 4.92 Å². The lowest BCUT2D eigenvalue weighted by molar-refractivity contribution is -0.384. The molecule has 0 aliphatic rings. The number of fused-ring (bicyclic) bond motifs is 1. The summed E-state index contributed by atoms with van der Waals surface area (Å²) in [6, 6.07) is 6.47. The molecule has 2 N–H and O–H groups in total. The molecule has 21 heavy (non-hydrogen) atoms. The summed E-state index contributed by atoms with van der Waals surface area (Å²) in [5.41, 5.74) is 2.35. The molecule has 3 rings (SSSR count). The van der Waals surface area contributed by atoms with Crippen LogP contribution in [0.2, 0.25) is 0 Å². The second-order valence-electron chi connectivity index (χ2n) is 4.56. The van der Waals surface area contributed by atoms with Crippen molar-refractivity contribution in [2.24, 2.45) is 0 Å². The van der Waals surface area contributed by atoms with Gasteiger partial charge in [-0.2, -0.15) is 5.10 Å². The molecule has 0 aliphatic carbocycles. The Morgan fingerprint density at radius 3 is 2.95 bits per heavy atom. The molecule has 0 spiro atoms. The van der Waals surface area contributed by atoms with Crippen LogP contribution in [0.25, 0.3) is 10.9 Å². The van der Waals surface area contributed by atoms with Crippen LogP contribution in [0.15, 0.2) is 30.6 Å². The molecule has 2 aromatic heterocycles. The van der Waals surface area contributed by atoms with Gasteiger partial charge in [-0.1, -0.05) is 0 Å². The van der Waals surface area contributed by atoms with E-state index in [2.05, 4.69) is 25.5 Å². The Morgan fingerprint density at radius 1 is 1.38 bits per heavy atom. The van der Waals surface area contributed by atoms with Gasteiger partial charge in [0.2, 0.25) is 0 Å². The van der Waals surface area contributed by atoms with Gasteiger partial charge in [0.1, 0.15) is 12.2 Å². The topological polar surface area (TPSA) is 110 Å². The molecule has 0 radical (unpaired) electrons. The number of anilines is 1. The predicted molar refractivity (Wildman–Crippen MR) is 76.8 cm³/mol. The minimum Gasteiger partial charge on any atom is -0.377 e. The fourth-order valence-corrected chi connectivity index (χ4v) is 2.10. The van der Waals surface area contributed by atoms with Crippen molar-refractivity contribution in [2.45, 2.75) is 13.5 Å². The van der Waals surface area contributed by atoms with E-state index in [0.717, 1.165) is 11.4 Å². The number of H-pyrrole nitrogens is 1. The highest BCUT2D eigenvalue weighted by atomic mass is 16.6. The van der Waals surface area contributed by atoms with Gasteiger partial charge >= 0.3 is 0 Å². The molecule has 0 saturated carbocycles. The first kappa shape index (κ1) is 13.0. The molecule has 0 aliphatic heterocycles. The van der Waals surface area contributed by atoms with Crippen molar-refractivity contribution in [1.82, 2.24) is 20.2 Å². The first-order valence-corrected chi connectivity index (χ1v) is 6.27. The Balaban J connectivity index is 2.02. The van der Waals surface area contributed by atoms with Crippen LogP contribution in [0.4, 0.5) is 11.4 Å². The van der Waals surface area contributed by atoms with E-state index in [9.17, 15) is 10.1 Å². The first-order valence-electron chi connectivity index (χ1n) is 6.27. The van der Waals surface area contributed by atoms with E-state index < -0.39 is 4.92 Å². The maximum atomic E-state index is 10.9. The molecule has 8 nitrogen and oxygen atoms in total. The lowest BCUT2D eigenvalue weighted by Crippen LogP contribution is -2.03. The molecule has 3 aromatic rings. The Labute approximate surface area is 119 Å². The number of pyridine rings is 1. The minimum atomic E-state index is -0.417. The van der Waals surface area contributed by atoms with Crippen molar-refractivity contribution in [3.63, 3.8) is 0 Å². The van der Waals surface area contributed by atoms with Gasteiger partial charge in [-0.3, -0.25) is 20.2 Å². The number of non-ortho nitro benzene ring substituents is 1. The number of nitro groups is 1. The quantitative estimate of drug-likeness (QED) is 0.561. The molecule has 0 amide bonds. The molecular formula is C13H12N6O2. The molecule has 0 unspecified atom stereocenters. The number of aromatic amines is 1. The van der Waals surface area contributed by atoms with Crippen molar-refractivity contribution in [3.05, 3.63) is 52.2 Å². The summed E-state index contributed by atoms with van der Waals surface area (Å²) in [6.45, 7) is 2.32. The van der Waals surface area contributed by atoms with Gasteiger partial charge in [0.25, 0.3) is 5.69 Å². The Bertz CT molecular complexity index is 800. The van der Waals surface area contributed by atoms with Crippen LogP contribution < -0.4 is 5.32 Å². The van der Waals surface area contributed by atoms with Gasteiger partial charge in [-0.15, -0.1) is 0 Å². The number of rotatable bonds is 4. The molecule has 1 aromatic carbocycles. The molecule has 0 saturated heterocycles. The summed E-state index contributed by atoms with van der Waals surface area (Å²) in [5.74, 6) is 0.683. The third-order valence-corrected chi connectivity index (χ3v) is 3.04. The number of aryl methyl sites for hydroxylation is 1. The van der Waals surface area contributed by atoms with Gasteiger partial charge in [-0.25, -0.2) is 4.98 Å². The average Bonchev–Trinajstić information content (AvgIpc) is 2.97. The maximum absolute atomic E-state index is 10.9. The van der Waals surface area contributed by atoms with E-state index >= 15 is 0 Å². The fourth-order valence-electron chi connectivity index (χ4n) is 2.10. The minimum absolute atomic E-state index is 0.0378. The van der Waals surface area contributed by atoms with Crippen LogP contribution in [-0.2, 0) is 6.54 Å². The normalized spacial score (nSPS) is 10.7. The summed E-state index contributed by atoms with van der Waals surface area (Å²) in [4.78, 5) is 18.9. The van der Waals surface area contributed by atoms with E-state index in [0.29, 0.717) is 23.3 Å². The standard InChI is InChI=1S/C13H12N6O2/c1-8-4-12(14-6-13-15-7-16-18-13)10-5-9(19(20)21)2-3-11(10)17-8/h2-5,7H,6H2,1H3,(H,14,17)(H,15,16,18). The molecule has 0 atom stereocenters.